The topological polar surface area (TPSA) is 84.4 Å². The molecular formula is C6H4BrF3N4O. The summed E-state index contributed by atoms with van der Waals surface area (Å²) >= 11 is 2.64. The molecule has 9 heteroatoms. The van der Waals surface area contributed by atoms with E-state index < -0.39 is 22.2 Å². The number of nitrogens with zero attached hydrogens (tertiary/aromatic N) is 3. The first-order valence-electron chi connectivity index (χ1n) is 3.43. The molecule has 0 fully saturated rings. The number of rotatable bonds is 1. The Kier molecular flexibility index (Phi) is 3.12. The lowest BCUT2D eigenvalue weighted by atomic mass is 10.3. The van der Waals surface area contributed by atoms with Crippen molar-refractivity contribution in [3.05, 3.63) is 22.2 Å². The van der Waals surface area contributed by atoms with Crippen molar-refractivity contribution in [2.24, 2.45) is 10.9 Å². The lowest BCUT2D eigenvalue weighted by Crippen LogP contribution is -2.19. The van der Waals surface area contributed by atoms with Gasteiger partial charge in [-0.05, 0) is 15.9 Å². The van der Waals surface area contributed by atoms with E-state index in [2.05, 4.69) is 31.1 Å². The zero-order valence-corrected chi connectivity index (χ0v) is 8.54. The Morgan fingerprint density at radius 1 is 1.47 bits per heavy atom. The quantitative estimate of drug-likeness (QED) is 0.353. The molecule has 0 aliphatic heterocycles. The monoisotopic (exact) mass is 284 g/mol. The second kappa shape index (κ2) is 4.01. The van der Waals surface area contributed by atoms with Gasteiger partial charge in [0.05, 0.1) is 4.47 Å². The van der Waals surface area contributed by atoms with Crippen molar-refractivity contribution in [3.63, 3.8) is 0 Å². The van der Waals surface area contributed by atoms with Gasteiger partial charge in [-0.15, -0.1) is 0 Å². The molecule has 0 aliphatic rings. The molecule has 0 saturated carbocycles. The summed E-state index contributed by atoms with van der Waals surface area (Å²) in [6.07, 6.45) is -3.95. The van der Waals surface area contributed by atoms with Gasteiger partial charge >= 0.3 is 6.18 Å². The lowest BCUT2D eigenvalue weighted by molar-refractivity contribution is -0.141. The van der Waals surface area contributed by atoms with Gasteiger partial charge < -0.3 is 10.9 Å². The molecule has 0 aromatic carbocycles. The molecule has 15 heavy (non-hydrogen) atoms. The van der Waals surface area contributed by atoms with Crippen LogP contribution in [0.2, 0.25) is 0 Å². The molecule has 0 unspecified atom stereocenters. The second-order valence-corrected chi connectivity index (χ2v) is 3.16. The van der Waals surface area contributed by atoms with Crippen LogP contribution in [0.5, 0.6) is 0 Å². The summed E-state index contributed by atoms with van der Waals surface area (Å²) in [5.41, 5.74) is 3.62. The van der Waals surface area contributed by atoms with Crippen molar-refractivity contribution in [1.82, 2.24) is 9.97 Å². The maximum absolute atomic E-state index is 12.3. The fourth-order valence-corrected chi connectivity index (χ4v) is 1.43. The number of oxime groups is 1. The number of hydrogen-bond donors (Lipinski definition) is 2. The van der Waals surface area contributed by atoms with Gasteiger partial charge in [0.1, 0.15) is 12.0 Å². The first kappa shape index (κ1) is 11.7. The molecule has 0 bridgehead atoms. The Labute approximate surface area is 89.9 Å². The van der Waals surface area contributed by atoms with E-state index in [-0.39, 0.29) is 5.69 Å². The van der Waals surface area contributed by atoms with Crippen LogP contribution in [0.3, 0.4) is 0 Å². The molecule has 1 heterocycles. The molecule has 5 nitrogen and oxygen atoms in total. The molecule has 0 aliphatic carbocycles. The summed E-state index contributed by atoms with van der Waals surface area (Å²) in [5, 5.41) is 10.9. The van der Waals surface area contributed by atoms with Gasteiger partial charge in [0, 0.05) is 0 Å². The Balaban J connectivity index is 3.36. The van der Waals surface area contributed by atoms with E-state index in [4.69, 9.17) is 10.9 Å². The Bertz CT molecular complexity index is 406. The van der Waals surface area contributed by atoms with Crippen LogP contribution in [-0.4, -0.2) is 21.0 Å². The van der Waals surface area contributed by atoms with E-state index in [0.29, 0.717) is 6.33 Å². The van der Waals surface area contributed by atoms with Crippen LogP contribution in [-0.2, 0) is 6.18 Å². The Morgan fingerprint density at radius 3 is 2.53 bits per heavy atom. The minimum absolute atomic E-state index is 0.320. The van der Waals surface area contributed by atoms with E-state index in [0.717, 1.165) is 0 Å². The smallest absolute Gasteiger partial charge is 0.409 e. The van der Waals surface area contributed by atoms with E-state index in [1.807, 2.05) is 0 Å². The fraction of sp³-hybridized carbons (Fsp3) is 0.167. The highest BCUT2D eigenvalue weighted by Crippen LogP contribution is 2.33. The molecule has 0 radical (unpaired) electrons. The van der Waals surface area contributed by atoms with E-state index in [1.165, 1.54) is 0 Å². The Hall–Kier alpha value is -1.38. The van der Waals surface area contributed by atoms with Gasteiger partial charge in [0.25, 0.3) is 0 Å². The van der Waals surface area contributed by atoms with Crippen LogP contribution in [0, 0.1) is 0 Å². The van der Waals surface area contributed by atoms with E-state index in [1.54, 1.807) is 0 Å². The summed E-state index contributed by atoms with van der Waals surface area (Å²) in [6.45, 7) is 0. The lowest BCUT2D eigenvalue weighted by Gasteiger charge is -2.09. The van der Waals surface area contributed by atoms with E-state index >= 15 is 0 Å². The van der Waals surface area contributed by atoms with Gasteiger partial charge in [-0.1, -0.05) is 5.16 Å². The third-order valence-corrected chi connectivity index (χ3v) is 2.16. The molecule has 0 saturated heterocycles. The van der Waals surface area contributed by atoms with Gasteiger partial charge in [-0.3, -0.25) is 0 Å². The predicted molar refractivity (Wildman–Crippen MR) is 47.2 cm³/mol. The minimum Gasteiger partial charge on any atom is -0.409 e. The van der Waals surface area contributed by atoms with Crippen molar-refractivity contribution in [3.8, 4) is 0 Å². The van der Waals surface area contributed by atoms with Crippen molar-refractivity contribution in [1.29, 1.82) is 0 Å². The van der Waals surface area contributed by atoms with E-state index in [9.17, 15) is 13.2 Å². The zero-order valence-electron chi connectivity index (χ0n) is 6.96. The van der Waals surface area contributed by atoms with Gasteiger partial charge in [0.2, 0.25) is 0 Å². The standard InChI is InChI=1S/C6H4BrF3N4O/c7-2-3(5(11)14-15)12-1-13-4(2)6(8,9)10/h1,15H,(H2,11,14). The fourth-order valence-electron chi connectivity index (χ4n) is 0.793. The summed E-state index contributed by atoms with van der Waals surface area (Å²) < 4.78 is 36.5. The number of alkyl halides is 3. The molecule has 1 aromatic rings. The average molecular weight is 285 g/mol. The molecule has 1 rings (SSSR count). The van der Waals surface area contributed by atoms with Crippen LogP contribution in [0.1, 0.15) is 11.4 Å². The normalized spacial score (nSPS) is 12.9. The second-order valence-electron chi connectivity index (χ2n) is 2.37. The molecule has 82 valence electrons. The van der Waals surface area contributed by atoms with Crippen LogP contribution in [0.15, 0.2) is 16.0 Å². The average Bonchev–Trinajstić information content (AvgIpc) is 2.15. The molecule has 3 N–H and O–H groups in total. The van der Waals surface area contributed by atoms with Crippen molar-refractivity contribution in [2.45, 2.75) is 6.18 Å². The highest BCUT2D eigenvalue weighted by atomic mass is 79.9. The van der Waals surface area contributed by atoms with Crippen molar-refractivity contribution < 1.29 is 18.4 Å². The summed E-state index contributed by atoms with van der Waals surface area (Å²) in [4.78, 5) is 6.50. The van der Waals surface area contributed by atoms with Gasteiger partial charge in [0.15, 0.2) is 11.5 Å². The largest absolute Gasteiger partial charge is 0.434 e. The first-order valence-corrected chi connectivity index (χ1v) is 4.22. The number of hydrogen-bond acceptors (Lipinski definition) is 4. The summed E-state index contributed by atoms with van der Waals surface area (Å²) in [6, 6.07) is 0. The summed E-state index contributed by atoms with van der Waals surface area (Å²) in [7, 11) is 0. The molecule has 0 spiro atoms. The maximum Gasteiger partial charge on any atom is 0.434 e. The zero-order chi connectivity index (χ0) is 11.6. The molecule has 1 aromatic heterocycles. The number of halogens is 4. The van der Waals surface area contributed by atoms with Crippen LogP contribution in [0.25, 0.3) is 0 Å². The summed E-state index contributed by atoms with van der Waals surface area (Å²) in [5.74, 6) is -0.533. The highest BCUT2D eigenvalue weighted by molar-refractivity contribution is 9.10. The Morgan fingerprint density at radius 2 is 2.07 bits per heavy atom. The van der Waals surface area contributed by atoms with Crippen LogP contribution < -0.4 is 5.73 Å². The molecule has 0 amide bonds. The first-order chi connectivity index (χ1) is 6.88. The SMILES string of the molecule is N/C(=N\O)c1ncnc(C(F)(F)F)c1Br. The molecular weight excluding hydrogens is 281 g/mol. The predicted octanol–water partition coefficient (Wildman–Crippen LogP) is 1.35. The number of aromatic nitrogens is 2. The van der Waals surface area contributed by atoms with Crippen LogP contribution >= 0.6 is 15.9 Å². The third kappa shape index (κ3) is 2.35. The third-order valence-electron chi connectivity index (χ3n) is 1.41. The van der Waals surface area contributed by atoms with Crippen LogP contribution in [0.4, 0.5) is 13.2 Å². The van der Waals surface area contributed by atoms with Gasteiger partial charge in [-0.25, -0.2) is 9.97 Å². The van der Waals surface area contributed by atoms with Gasteiger partial charge in [-0.2, -0.15) is 13.2 Å². The molecule has 0 atom stereocenters. The van der Waals surface area contributed by atoms with Crippen molar-refractivity contribution >= 4 is 21.8 Å². The maximum atomic E-state index is 12.3. The minimum atomic E-state index is -4.63. The highest BCUT2D eigenvalue weighted by Gasteiger charge is 2.36. The van der Waals surface area contributed by atoms with Crippen molar-refractivity contribution in [2.75, 3.05) is 0 Å². The number of amidine groups is 1. The number of nitrogens with two attached hydrogens (primary N) is 1.